The molecule has 0 radical (unpaired) electrons. The maximum Gasteiger partial charge on any atom is 0.285 e. The average Bonchev–Trinajstić information content (AvgIpc) is 3.28. The fourth-order valence-corrected chi connectivity index (χ4v) is 5.25. The predicted octanol–water partition coefficient (Wildman–Crippen LogP) is 0.391. The van der Waals surface area contributed by atoms with E-state index in [0.717, 1.165) is 39.1 Å². The molecule has 1 aromatic carbocycles. The Morgan fingerprint density at radius 1 is 1.25 bits per heavy atom. The van der Waals surface area contributed by atoms with Crippen molar-refractivity contribution in [2.24, 2.45) is 4.40 Å². The minimum Gasteiger partial charge on any atom is -0.377 e. The van der Waals surface area contributed by atoms with Gasteiger partial charge in [-0.2, -0.15) is 8.42 Å². The van der Waals surface area contributed by atoms with Gasteiger partial charge in [0.2, 0.25) is 5.91 Å². The normalized spacial score (nSPS) is 24.1. The molecule has 0 aliphatic carbocycles. The highest BCUT2D eigenvalue weighted by molar-refractivity contribution is 7.90. The van der Waals surface area contributed by atoms with Crippen molar-refractivity contribution < 1.29 is 17.9 Å². The second kappa shape index (κ2) is 7.81. The van der Waals surface area contributed by atoms with Crippen LogP contribution in [-0.4, -0.2) is 93.9 Å². The first kappa shape index (κ1) is 19.4. The molecule has 3 aliphatic heterocycles. The molecule has 0 aromatic heterocycles. The van der Waals surface area contributed by atoms with Gasteiger partial charge in [-0.1, -0.05) is 12.1 Å². The number of piperazine rings is 1. The number of amidine groups is 1. The van der Waals surface area contributed by atoms with Gasteiger partial charge in [0.15, 0.2) is 5.84 Å². The van der Waals surface area contributed by atoms with Crippen LogP contribution >= 0.6 is 0 Å². The van der Waals surface area contributed by atoms with Crippen molar-refractivity contribution in [2.75, 3.05) is 52.9 Å². The van der Waals surface area contributed by atoms with E-state index in [1.807, 2.05) is 4.90 Å². The Morgan fingerprint density at radius 3 is 2.71 bits per heavy atom. The SMILES string of the molecule is CN(CC(=O)N1CCN(CC2CCCO2)CC1)C1=NS(=O)(=O)c2ccccc21. The third-order valence-corrected chi connectivity index (χ3v) is 6.88. The summed E-state index contributed by atoms with van der Waals surface area (Å²) in [6, 6.07) is 6.72. The number of amides is 1. The summed E-state index contributed by atoms with van der Waals surface area (Å²) in [5, 5.41) is 0. The highest BCUT2D eigenvalue weighted by Gasteiger charge is 2.32. The molecule has 0 saturated carbocycles. The van der Waals surface area contributed by atoms with Crippen LogP contribution < -0.4 is 0 Å². The van der Waals surface area contributed by atoms with Crippen LogP contribution in [0.4, 0.5) is 0 Å². The van der Waals surface area contributed by atoms with E-state index >= 15 is 0 Å². The summed E-state index contributed by atoms with van der Waals surface area (Å²) in [5.74, 6) is 0.324. The van der Waals surface area contributed by atoms with Gasteiger partial charge >= 0.3 is 0 Å². The Balaban J connectivity index is 1.33. The topological polar surface area (TPSA) is 82.5 Å². The highest BCUT2D eigenvalue weighted by Crippen LogP contribution is 2.27. The van der Waals surface area contributed by atoms with E-state index in [0.29, 0.717) is 30.6 Å². The molecule has 9 heteroatoms. The minimum absolute atomic E-state index is 0.0104. The van der Waals surface area contributed by atoms with Crippen LogP contribution in [0.3, 0.4) is 0 Å². The van der Waals surface area contributed by atoms with Gasteiger partial charge in [-0.15, -0.1) is 4.40 Å². The predicted molar refractivity (Wildman–Crippen MR) is 105 cm³/mol. The maximum absolute atomic E-state index is 12.7. The van der Waals surface area contributed by atoms with Crippen LogP contribution in [0.5, 0.6) is 0 Å². The first-order valence-electron chi connectivity index (χ1n) is 9.71. The minimum atomic E-state index is -3.68. The van der Waals surface area contributed by atoms with Crippen molar-refractivity contribution in [3.63, 3.8) is 0 Å². The molecule has 0 spiro atoms. The zero-order chi connectivity index (χ0) is 19.7. The molecular weight excluding hydrogens is 380 g/mol. The first-order valence-corrected chi connectivity index (χ1v) is 11.2. The Morgan fingerprint density at radius 2 is 2.00 bits per heavy atom. The number of carbonyl (C=O) groups is 1. The molecule has 152 valence electrons. The Bertz CT molecular complexity index is 872. The van der Waals surface area contributed by atoms with Crippen LogP contribution in [0.15, 0.2) is 33.6 Å². The van der Waals surface area contributed by atoms with E-state index in [1.54, 1.807) is 36.2 Å². The summed E-state index contributed by atoms with van der Waals surface area (Å²) in [6.45, 7) is 4.95. The van der Waals surface area contributed by atoms with Gasteiger partial charge < -0.3 is 14.5 Å². The molecule has 28 heavy (non-hydrogen) atoms. The van der Waals surface area contributed by atoms with Crippen molar-refractivity contribution in [1.82, 2.24) is 14.7 Å². The molecule has 3 aliphatic rings. The second-order valence-electron chi connectivity index (χ2n) is 7.56. The number of nitrogens with zero attached hydrogens (tertiary/aromatic N) is 4. The fraction of sp³-hybridized carbons (Fsp3) is 0.579. The molecule has 3 heterocycles. The zero-order valence-corrected chi connectivity index (χ0v) is 16.9. The summed E-state index contributed by atoms with van der Waals surface area (Å²) < 4.78 is 34.0. The van der Waals surface area contributed by atoms with Crippen LogP contribution in [0.25, 0.3) is 0 Å². The number of hydrogen-bond donors (Lipinski definition) is 0. The van der Waals surface area contributed by atoms with Crippen LogP contribution in [0.2, 0.25) is 0 Å². The number of ether oxygens (including phenoxy) is 1. The number of benzene rings is 1. The lowest BCUT2D eigenvalue weighted by atomic mass is 10.2. The summed E-state index contributed by atoms with van der Waals surface area (Å²) in [5.41, 5.74) is 0.555. The molecule has 0 N–H and O–H groups in total. The molecule has 1 amide bonds. The van der Waals surface area contributed by atoms with E-state index in [9.17, 15) is 13.2 Å². The second-order valence-corrected chi connectivity index (χ2v) is 9.13. The molecule has 1 atom stereocenters. The van der Waals surface area contributed by atoms with Crippen molar-refractivity contribution in [3.05, 3.63) is 29.8 Å². The summed E-state index contributed by atoms with van der Waals surface area (Å²) >= 11 is 0. The molecule has 2 fully saturated rings. The van der Waals surface area contributed by atoms with Gasteiger partial charge in [-0.05, 0) is 25.0 Å². The van der Waals surface area contributed by atoms with Crippen molar-refractivity contribution in [3.8, 4) is 0 Å². The van der Waals surface area contributed by atoms with Crippen LogP contribution in [-0.2, 0) is 19.6 Å². The van der Waals surface area contributed by atoms with E-state index in [4.69, 9.17) is 4.74 Å². The van der Waals surface area contributed by atoms with Crippen molar-refractivity contribution in [2.45, 2.75) is 23.8 Å². The van der Waals surface area contributed by atoms with Gasteiger partial charge in [0.25, 0.3) is 10.0 Å². The highest BCUT2D eigenvalue weighted by atomic mass is 32.2. The number of sulfonamides is 1. The Hall–Kier alpha value is -1.97. The van der Waals surface area contributed by atoms with Crippen LogP contribution in [0, 0.1) is 0 Å². The lowest BCUT2D eigenvalue weighted by molar-refractivity contribution is -0.133. The lowest BCUT2D eigenvalue weighted by Crippen LogP contribution is -2.52. The molecule has 2 saturated heterocycles. The van der Waals surface area contributed by atoms with Gasteiger partial charge in [-0.25, -0.2) is 0 Å². The number of rotatable bonds is 4. The molecule has 4 rings (SSSR count). The quantitative estimate of drug-likeness (QED) is 0.720. The number of fused-ring (bicyclic) bond motifs is 1. The Labute approximate surface area is 165 Å². The zero-order valence-electron chi connectivity index (χ0n) is 16.1. The van der Waals surface area contributed by atoms with E-state index in [1.165, 1.54) is 0 Å². The van der Waals surface area contributed by atoms with Gasteiger partial charge in [0, 0.05) is 51.9 Å². The first-order chi connectivity index (χ1) is 13.4. The third-order valence-electron chi connectivity index (χ3n) is 5.56. The fourth-order valence-electron chi connectivity index (χ4n) is 4.00. The standard InChI is InChI=1S/C19H26N4O4S/c1-21(19-16-6-2-3-7-17(16)28(25,26)20-19)14-18(24)23-10-8-22(9-11-23)13-15-5-4-12-27-15/h2-3,6-7,15H,4-5,8-14H2,1H3. The molecular formula is C19H26N4O4S. The van der Waals surface area contributed by atoms with Crippen LogP contribution in [0.1, 0.15) is 18.4 Å². The third kappa shape index (κ3) is 3.92. The summed E-state index contributed by atoms with van der Waals surface area (Å²) in [7, 11) is -1.97. The Kier molecular flexibility index (Phi) is 5.39. The molecule has 1 aromatic rings. The maximum atomic E-state index is 12.7. The van der Waals surface area contributed by atoms with Gasteiger partial charge in [0.05, 0.1) is 12.6 Å². The van der Waals surface area contributed by atoms with E-state index < -0.39 is 10.0 Å². The molecule has 1 unspecified atom stereocenters. The van der Waals surface area contributed by atoms with Crippen molar-refractivity contribution >= 4 is 21.8 Å². The monoisotopic (exact) mass is 406 g/mol. The number of carbonyl (C=O) groups excluding carboxylic acids is 1. The summed E-state index contributed by atoms with van der Waals surface area (Å²) in [6.07, 6.45) is 2.59. The lowest BCUT2D eigenvalue weighted by Gasteiger charge is -2.36. The number of likely N-dealkylation sites (N-methyl/N-ethyl adjacent to an activating group) is 1. The molecule has 0 bridgehead atoms. The number of hydrogen-bond acceptors (Lipinski definition) is 6. The largest absolute Gasteiger partial charge is 0.377 e. The van der Waals surface area contributed by atoms with Gasteiger partial charge in [0.1, 0.15) is 4.90 Å². The van der Waals surface area contributed by atoms with Crippen molar-refractivity contribution in [1.29, 1.82) is 0 Å². The smallest absolute Gasteiger partial charge is 0.285 e. The summed E-state index contributed by atoms with van der Waals surface area (Å²) in [4.78, 5) is 18.8. The van der Waals surface area contributed by atoms with E-state index in [2.05, 4.69) is 9.30 Å². The van der Waals surface area contributed by atoms with Gasteiger partial charge in [-0.3, -0.25) is 9.69 Å². The average molecular weight is 407 g/mol. The van der Waals surface area contributed by atoms with E-state index in [-0.39, 0.29) is 17.3 Å². The molecule has 8 nitrogen and oxygen atoms in total.